The Morgan fingerprint density at radius 2 is 2.24 bits per heavy atom. The summed E-state index contributed by atoms with van der Waals surface area (Å²) in [4.78, 5) is 4.65. The van der Waals surface area contributed by atoms with Crippen LogP contribution in [-0.4, -0.2) is 37.4 Å². The lowest BCUT2D eigenvalue weighted by molar-refractivity contribution is 0.0862. The van der Waals surface area contributed by atoms with Gasteiger partial charge < -0.3 is 14.8 Å². The highest BCUT2D eigenvalue weighted by atomic mass is 16.5. The zero-order chi connectivity index (χ0) is 15.0. The SMILES string of the molecule is CNC(Cc1ncc(C)c(OC)c1C)C1CC2CCC1O2. The van der Waals surface area contributed by atoms with Gasteiger partial charge in [-0.25, -0.2) is 0 Å². The van der Waals surface area contributed by atoms with Gasteiger partial charge >= 0.3 is 0 Å². The quantitative estimate of drug-likeness (QED) is 0.904. The molecule has 0 radical (unpaired) electrons. The van der Waals surface area contributed by atoms with E-state index in [1.807, 2.05) is 13.1 Å². The average Bonchev–Trinajstić information content (AvgIpc) is 3.10. The van der Waals surface area contributed by atoms with Crippen molar-refractivity contribution in [1.82, 2.24) is 10.3 Å². The molecule has 2 bridgehead atoms. The molecule has 0 spiro atoms. The Labute approximate surface area is 127 Å². The Balaban J connectivity index is 1.78. The van der Waals surface area contributed by atoms with Crippen molar-refractivity contribution in [2.75, 3.05) is 14.2 Å². The summed E-state index contributed by atoms with van der Waals surface area (Å²) in [6.07, 6.45) is 7.46. The van der Waals surface area contributed by atoms with E-state index in [-0.39, 0.29) is 0 Å². The summed E-state index contributed by atoms with van der Waals surface area (Å²) in [5.74, 6) is 1.58. The molecule has 4 heteroatoms. The molecule has 2 aliphatic rings. The second-order valence-corrected chi connectivity index (χ2v) is 6.42. The Morgan fingerprint density at radius 1 is 1.43 bits per heavy atom. The average molecular weight is 290 g/mol. The van der Waals surface area contributed by atoms with Crippen LogP contribution in [0.2, 0.25) is 0 Å². The van der Waals surface area contributed by atoms with Gasteiger partial charge in [-0.05, 0) is 40.2 Å². The van der Waals surface area contributed by atoms with Crippen LogP contribution in [0.1, 0.15) is 36.1 Å². The lowest BCUT2D eigenvalue weighted by Crippen LogP contribution is -2.40. The lowest BCUT2D eigenvalue weighted by atomic mass is 9.81. The summed E-state index contributed by atoms with van der Waals surface area (Å²) in [5, 5.41) is 3.50. The van der Waals surface area contributed by atoms with Crippen molar-refractivity contribution in [1.29, 1.82) is 0 Å². The minimum Gasteiger partial charge on any atom is -0.496 e. The van der Waals surface area contributed by atoms with Gasteiger partial charge in [0.15, 0.2) is 0 Å². The highest BCUT2D eigenvalue weighted by Crippen LogP contribution is 2.41. The largest absolute Gasteiger partial charge is 0.496 e. The summed E-state index contributed by atoms with van der Waals surface area (Å²) in [6.45, 7) is 4.15. The number of likely N-dealkylation sites (N-methyl/N-ethyl adjacent to an activating group) is 1. The van der Waals surface area contributed by atoms with Gasteiger partial charge in [0, 0.05) is 41.4 Å². The molecule has 0 aliphatic carbocycles. The third-order valence-corrected chi connectivity index (χ3v) is 5.20. The second kappa shape index (κ2) is 5.93. The van der Waals surface area contributed by atoms with E-state index in [1.54, 1.807) is 7.11 Å². The molecule has 2 fully saturated rings. The van der Waals surface area contributed by atoms with Crippen molar-refractivity contribution in [3.63, 3.8) is 0 Å². The van der Waals surface area contributed by atoms with Crippen LogP contribution in [-0.2, 0) is 11.2 Å². The summed E-state index contributed by atoms with van der Waals surface area (Å²) in [5.41, 5.74) is 3.41. The zero-order valence-corrected chi connectivity index (χ0v) is 13.5. The van der Waals surface area contributed by atoms with Gasteiger partial charge in [0.25, 0.3) is 0 Å². The highest BCUT2D eigenvalue weighted by molar-refractivity contribution is 5.41. The Bertz CT molecular complexity index is 518. The minimum atomic E-state index is 0.430. The van der Waals surface area contributed by atoms with Crippen LogP contribution in [0.15, 0.2) is 6.20 Å². The number of rotatable bonds is 5. The lowest BCUT2D eigenvalue weighted by Gasteiger charge is -2.28. The number of methoxy groups -OCH3 is 1. The van der Waals surface area contributed by atoms with Gasteiger partial charge in [0.2, 0.25) is 0 Å². The molecule has 1 aromatic heterocycles. The number of pyridine rings is 1. The van der Waals surface area contributed by atoms with Gasteiger partial charge in [0.05, 0.1) is 19.3 Å². The van der Waals surface area contributed by atoms with Crippen LogP contribution >= 0.6 is 0 Å². The number of nitrogens with one attached hydrogen (secondary N) is 1. The zero-order valence-electron chi connectivity index (χ0n) is 13.5. The Hall–Kier alpha value is -1.13. The van der Waals surface area contributed by atoms with E-state index < -0.39 is 0 Å². The summed E-state index contributed by atoms with van der Waals surface area (Å²) < 4.78 is 11.5. The molecule has 2 saturated heterocycles. The van der Waals surface area contributed by atoms with E-state index in [0.29, 0.717) is 24.2 Å². The van der Waals surface area contributed by atoms with Gasteiger partial charge in [-0.3, -0.25) is 4.98 Å². The number of fused-ring (bicyclic) bond motifs is 2. The van der Waals surface area contributed by atoms with Gasteiger partial charge in [-0.15, -0.1) is 0 Å². The third-order valence-electron chi connectivity index (χ3n) is 5.20. The first-order chi connectivity index (χ1) is 10.1. The smallest absolute Gasteiger partial charge is 0.128 e. The number of hydrogen-bond donors (Lipinski definition) is 1. The molecule has 1 aromatic rings. The first kappa shape index (κ1) is 14.8. The van der Waals surface area contributed by atoms with E-state index >= 15 is 0 Å². The first-order valence-corrected chi connectivity index (χ1v) is 7.95. The molecule has 4 unspecified atom stereocenters. The highest BCUT2D eigenvalue weighted by Gasteiger charge is 2.44. The molecule has 2 aliphatic heterocycles. The number of ether oxygens (including phenoxy) is 2. The standard InChI is InChI=1S/C17H26N2O2/c1-10-9-19-14(11(2)17(10)20-4)8-15(18-3)13-7-12-5-6-16(13)21-12/h9,12-13,15-16,18H,5-8H2,1-4H3. The van der Waals surface area contributed by atoms with Crippen LogP contribution in [0.4, 0.5) is 0 Å². The third kappa shape index (κ3) is 2.67. The fourth-order valence-corrected chi connectivity index (χ4v) is 4.05. The van der Waals surface area contributed by atoms with E-state index in [0.717, 1.165) is 23.4 Å². The van der Waals surface area contributed by atoms with E-state index in [1.165, 1.54) is 24.8 Å². The minimum absolute atomic E-state index is 0.430. The number of hydrogen-bond acceptors (Lipinski definition) is 4. The van der Waals surface area contributed by atoms with Crippen molar-refractivity contribution in [3.8, 4) is 5.75 Å². The first-order valence-electron chi connectivity index (χ1n) is 7.95. The van der Waals surface area contributed by atoms with Crippen LogP contribution < -0.4 is 10.1 Å². The van der Waals surface area contributed by atoms with Crippen molar-refractivity contribution < 1.29 is 9.47 Å². The molecule has 1 N–H and O–H groups in total. The maximum absolute atomic E-state index is 6.01. The molecule has 0 amide bonds. The van der Waals surface area contributed by atoms with Crippen LogP contribution in [0.3, 0.4) is 0 Å². The second-order valence-electron chi connectivity index (χ2n) is 6.42. The maximum Gasteiger partial charge on any atom is 0.128 e. The number of nitrogens with zero attached hydrogens (tertiary/aromatic N) is 1. The number of aromatic nitrogens is 1. The summed E-state index contributed by atoms with van der Waals surface area (Å²) in [6, 6.07) is 0.430. The molecule has 4 atom stereocenters. The summed E-state index contributed by atoms with van der Waals surface area (Å²) in [7, 11) is 3.79. The van der Waals surface area contributed by atoms with Crippen LogP contribution in [0.25, 0.3) is 0 Å². The molecule has 3 heterocycles. The Kier molecular flexibility index (Phi) is 4.18. The van der Waals surface area contributed by atoms with Crippen molar-refractivity contribution in [3.05, 3.63) is 23.0 Å². The number of aryl methyl sites for hydroxylation is 1. The Morgan fingerprint density at radius 3 is 2.81 bits per heavy atom. The molecule has 0 aromatic carbocycles. The monoisotopic (exact) mass is 290 g/mol. The van der Waals surface area contributed by atoms with E-state index in [9.17, 15) is 0 Å². The summed E-state index contributed by atoms with van der Waals surface area (Å²) >= 11 is 0. The van der Waals surface area contributed by atoms with Crippen LogP contribution in [0.5, 0.6) is 5.75 Å². The topological polar surface area (TPSA) is 43.4 Å². The van der Waals surface area contributed by atoms with E-state index in [2.05, 4.69) is 24.3 Å². The van der Waals surface area contributed by atoms with Crippen molar-refractivity contribution in [2.45, 2.75) is 57.8 Å². The fraction of sp³-hybridized carbons (Fsp3) is 0.706. The van der Waals surface area contributed by atoms with Crippen molar-refractivity contribution >= 4 is 0 Å². The van der Waals surface area contributed by atoms with E-state index in [4.69, 9.17) is 9.47 Å². The maximum atomic E-state index is 6.01. The van der Waals surface area contributed by atoms with Gasteiger partial charge in [0.1, 0.15) is 5.75 Å². The molecule has 21 heavy (non-hydrogen) atoms. The molecule has 4 nitrogen and oxygen atoms in total. The van der Waals surface area contributed by atoms with Crippen molar-refractivity contribution in [2.24, 2.45) is 5.92 Å². The predicted octanol–water partition coefficient (Wildman–Crippen LogP) is 2.41. The fourth-order valence-electron chi connectivity index (χ4n) is 4.05. The van der Waals surface area contributed by atoms with Crippen LogP contribution in [0, 0.1) is 19.8 Å². The molecule has 0 saturated carbocycles. The molecular formula is C17H26N2O2. The predicted molar refractivity (Wildman–Crippen MR) is 82.8 cm³/mol. The molecule has 116 valence electrons. The van der Waals surface area contributed by atoms with Gasteiger partial charge in [-0.2, -0.15) is 0 Å². The molecular weight excluding hydrogens is 264 g/mol. The molecule has 3 rings (SSSR count). The van der Waals surface area contributed by atoms with Gasteiger partial charge in [-0.1, -0.05) is 0 Å². The normalized spacial score (nSPS) is 28.9.